The number of aryl methyl sites for hydroxylation is 1. The highest BCUT2D eigenvalue weighted by Crippen LogP contribution is 2.24. The molecule has 0 spiro atoms. The Bertz CT molecular complexity index is 746. The summed E-state index contributed by atoms with van der Waals surface area (Å²) in [5.41, 5.74) is 4.26. The van der Waals surface area contributed by atoms with Crippen molar-refractivity contribution in [3.63, 3.8) is 0 Å². The number of hydrogen-bond donors (Lipinski definition) is 0. The van der Waals surface area contributed by atoms with Gasteiger partial charge in [0.15, 0.2) is 5.65 Å². The summed E-state index contributed by atoms with van der Waals surface area (Å²) in [7, 11) is 0. The Morgan fingerprint density at radius 3 is 2.85 bits per heavy atom. The number of alkyl halides is 1. The van der Waals surface area contributed by atoms with E-state index >= 15 is 0 Å². The molecule has 0 aliphatic carbocycles. The molecule has 2 heterocycles. The predicted octanol–water partition coefficient (Wildman–Crippen LogP) is 4.09. The maximum Gasteiger partial charge on any atom is 0.160 e. The molecule has 3 nitrogen and oxygen atoms in total. The third kappa shape index (κ3) is 2.41. The Labute approximate surface area is 123 Å². The minimum Gasteiger partial charge on any atom is -0.307 e. The van der Waals surface area contributed by atoms with Crippen molar-refractivity contribution in [2.75, 3.05) is 0 Å². The van der Waals surface area contributed by atoms with E-state index in [1.807, 2.05) is 19.1 Å². The van der Waals surface area contributed by atoms with Gasteiger partial charge < -0.3 is 4.57 Å². The van der Waals surface area contributed by atoms with Gasteiger partial charge in [-0.2, -0.15) is 0 Å². The highest BCUT2D eigenvalue weighted by atomic mass is 35.5. The van der Waals surface area contributed by atoms with Crippen molar-refractivity contribution in [2.45, 2.75) is 25.8 Å². The maximum absolute atomic E-state index is 6.27. The van der Waals surface area contributed by atoms with Gasteiger partial charge in [-0.3, -0.25) is 0 Å². The molecule has 20 heavy (non-hydrogen) atoms. The molecule has 0 amide bonds. The van der Waals surface area contributed by atoms with Crippen molar-refractivity contribution < 1.29 is 0 Å². The van der Waals surface area contributed by atoms with Crippen LogP contribution in [0.1, 0.15) is 29.3 Å². The standard InChI is InChI=1S/C16H16ClN3/c1-11-5-3-6-13(9-11)10-20-15(12(2)17)19-14-7-4-8-18-16(14)20/h3-9,12H,10H2,1-2H3. The molecular formula is C16H16ClN3. The topological polar surface area (TPSA) is 30.7 Å². The number of benzene rings is 1. The van der Waals surface area contributed by atoms with E-state index in [0.717, 1.165) is 23.5 Å². The Hall–Kier alpha value is -1.87. The summed E-state index contributed by atoms with van der Waals surface area (Å²) in [6.45, 7) is 4.77. The normalized spacial score (nSPS) is 12.8. The largest absolute Gasteiger partial charge is 0.307 e. The lowest BCUT2D eigenvalue weighted by atomic mass is 10.1. The van der Waals surface area contributed by atoms with Gasteiger partial charge in [-0.25, -0.2) is 9.97 Å². The Kier molecular flexibility index (Phi) is 3.45. The summed E-state index contributed by atoms with van der Waals surface area (Å²) in [5.74, 6) is 0.863. The Balaban J connectivity index is 2.11. The fraction of sp³-hybridized carbons (Fsp3) is 0.250. The van der Waals surface area contributed by atoms with Crippen molar-refractivity contribution in [2.24, 2.45) is 0 Å². The molecule has 3 aromatic rings. The third-order valence-electron chi connectivity index (χ3n) is 3.31. The minimum atomic E-state index is -0.144. The minimum absolute atomic E-state index is 0.144. The number of rotatable bonds is 3. The number of nitrogens with zero attached hydrogens (tertiary/aromatic N) is 3. The average Bonchev–Trinajstić information content (AvgIpc) is 2.78. The van der Waals surface area contributed by atoms with Crippen molar-refractivity contribution in [3.05, 3.63) is 59.5 Å². The van der Waals surface area contributed by atoms with Gasteiger partial charge in [-0.15, -0.1) is 11.6 Å². The Morgan fingerprint density at radius 2 is 2.10 bits per heavy atom. The van der Waals surface area contributed by atoms with Gasteiger partial charge in [0.2, 0.25) is 0 Å². The molecule has 0 aliphatic rings. The van der Waals surface area contributed by atoms with Crippen LogP contribution in [0, 0.1) is 6.92 Å². The molecular weight excluding hydrogens is 270 g/mol. The van der Waals surface area contributed by atoms with Crippen LogP contribution in [0.5, 0.6) is 0 Å². The molecule has 1 atom stereocenters. The van der Waals surface area contributed by atoms with E-state index in [1.165, 1.54) is 11.1 Å². The van der Waals surface area contributed by atoms with Gasteiger partial charge >= 0.3 is 0 Å². The summed E-state index contributed by atoms with van der Waals surface area (Å²) in [6, 6.07) is 12.3. The number of hydrogen-bond acceptors (Lipinski definition) is 2. The average molecular weight is 286 g/mol. The second kappa shape index (κ2) is 5.25. The number of imidazole rings is 1. The molecule has 0 fully saturated rings. The van der Waals surface area contributed by atoms with E-state index in [9.17, 15) is 0 Å². The molecule has 0 saturated carbocycles. The van der Waals surface area contributed by atoms with E-state index in [-0.39, 0.29) is 5.38 Å². The smallest absolute Gasteiger partial charge is 0.160 e. The van der Waals surface area contributed by atoms with Gasteiger partial charge in [0, 0.05) is 6.20 Å². The SMILES string of the molecule is Cc1cccc(Cn2c(C(C)Cl)nc3cccnc32)c1. The molecule has 4 heteroatoms. The summed E-state index contributed by atoms with van der Waals surface area (Å²) >= 11 is 6.27. The molecule has 0 radical (unpaired) electrons. The Morgan fingerprint density at radius 1 is 1.25 bits per heavy atom. The molecule has 102 valence electrons. The lowest BCUT2D eigenvalue weighted by Gasteiger charge is -2.10. The van der Waals surface area contributed by atoms with E-state index in [1.54, 1.807) is 6.20 Å². The quantitative estimate of drug-likeness (QED) is 0.679. The maximum atomic E-state index is 6.27. The number of halogens is 1. The zero-order chi connectivity index (χ0) is 14.1. The lowest BCUT2D eigenvalue weighted by Crippen LogP contribution is -2.06. The molecule has 2 aromatic heterocycles. The van der Waals surface area contributed by atoms with Crippen molar-refractivity contribution >= 4 is 22.8 Å². The van der Waals surface area contributed by atoms with Gasteiger partial charge in [0.25, 0.3) is 0 Å². The summed E-state index contributed by atoms with van der Waals surface area (Å²) in [4.78, 5) is 9.04. The summed E-state index contributed by atoms with van der Waals surface area (Å²) < 4.78 is 2.10. The van der Waals surface area contributed by atoms with Gasteiger partial charge in [0.05, 0.1) is 11.9 Å². The lowest BCUT2D eigenvalue weighted by molar-refractivity contribution is 0.736. The van der Waals surface area contributed by atoms with Crippen LogP contribution in [0.25, 0.3) is 11.2 Å². The highest BCUT2D eigenvalue weighted by Gasteiger charge is 2.15. The molecule has 0 bridgehead atoms. The van der Waals surface area contributed by atoms with Crippen LogP contribution < -0.4 is 0 Å². The number of pyridine rings is 1. The van der Waals surface area contributed by atoms with Crippen molar-refractivity contribution in [3.8, 4) is 0 Å². The fourth-order valence-corrected chi connectivity index (χ4v) is 2.60. The van der Waals surface area contributed by atoms with Crippen LogP contribution in [0.4, 0.5) is 0 Å². The first-order chi connectivity index (χ1) is 9.65. The van der Waals surface area contributed by atoms with Gasteiger partial charge in [0.1, 0.15) is 11.3 Å². The zero-order valence-electron chi connectivity index (χ0n) is 11.5. The molecule has 0 saturated heterocycles. The van der Waals surface area contributed by atoms with Crippen molar-refractivity contribution in [1.82, 2.24) is 14.5 Å². The first-order valence-corrected chi connectivity index (χ1v) is 7.09. The summed E-state index contributed by atoms with van der Waals surface area (Å²) in [5, 5.41) is -0.144. The van der Waals surface area contributed by atoms with Crippen LogP contribution in [-0.2, 0) is 6.54 Å². The van der Waals surface area contributed by atoms with Crippen LogP contribution >= 0.6 is 11.6 Å². The van der Waals surface area contributed by atoms with Crippen LogP contribution in [0.2, 0.25) is 0 Å². The van der Waals surface area contributed by atoms with Crippen LogP contribution in [0.15, 0.2) is 42.6 Å². The van der Waals surface area contributed by atoms with E-state index in [4.69, 9.17) is 11.6 Å². The van der Waals surface area contributed by atoms with Gasteiger partial charge in [-0.1, -0.05) is 29.8 Å². The van der Waals surface area contributed by atoms with E-state index in [2.05, 4.69) is 45.7 Å². The second-order valence-corrected chi connectivity index (χ2v) is 5.66. The first-order valence-electron chi connectivity index (χ1n) is 6.66. The number of aromatic nitrogens is 3. The van der Waals surface area contributed by atoms with Gasteiger partial charge in [-0.05, 0) is 31.5 Å². The third-order valence-corrected chi connectivity index (χ3v) is 3.51. The predicted molar refractivity (Wildman–Crippen MR) is 82.1 cm³/mol. The number of fused-ring (bicyclic) bond motifs is 1. The van der Waals surface area contributed by atoms with E-state index < -0.39 is 0 Å². The summed E-state index contributed by atoms with van der Waals surface area (Å²) in [6.07, 6.45) is 1.79. The molecule has 1 aromatic carbocycles. The van der Waals surface area contributed by atoms with E-state index in [0.29, 0.717) is 0 Å². The molecule has 0 N–H and O–H groups in total. The van der Waals surface area contributed by atoms with Crippen LogP contribution in [-0.4, -0.2) is 14.5 Å². The monoisotopic (exact) mass is 285 g/mol. The van der Waals surface area contributed by atoms with Crippen LogP contribution in [0.3, 0.4) is 0 Å². The highest BCUT2D eigenvalue weighted by molar-refractivity contribution is 6.20. The second-order valence-electron chi connectivity index (χ2n) is 5.01. The van der Waals surface area contributed by atoms with Crippen molar-refractivity contribution in [1.29, 1.82) is 0 Å². The first kappa shape index (κ1) is 13.1. The zero-order valence-corrected chi connectivity index (χ0v) is 12.3. The fourth-order valence-electron chi connectivity index (χ4n) is 2.43. The molecule has 3 rings (SSSR count). The molecule has 1 unspecified atom stereocenters. The molecule has 0 aliphatic heterocycles.